The standard InChI is InChI=1S/C28H30N4O5/c1-34-20-9-10-25-23(18-20)27(30-24-7-4-5-8-26(24)37-25)31-11-6-12-32(14-13-31)28(33)29-19-15-21(35-2)17-22(16-19)36-3/h4-5,7-10,15-18H,6,11-14H2,1-3H3,(H,29,33). The lowest BCUT2D eigenvalue weighted by molar-refractivity contribution is 0.214. The third-order valence-electron chi connectivity index (χ3n) is 6.42. The van der Waals surface area contributed by atoms with E-state index in [0.717, 1.165) is 41.6 Å². The zero-order valence-electron chi connectivity index (χ0n) is 21.2. The summed E-state index contributed by atoms with van der Waals surface area (Å²) in [5, 5.41) is 2.98. The average molecular weight is 503 g/mol. The van der Waals surface area contributed by atoms with Crippen LogP contribution in [0.1, 0.15) is 12.0 Å². The highest BCUT2D eigenvalue weighted by Gasteiger charge is 2.26. The number of rotatable bonds is 4. The Kier molecular flexibility index (Phi) is 7.02. The van der Waals surface area contributed by atoms with E-state index >= 15 is 0 Å². The van der Waals surface area contributed by atoms with Gasteiger partial charge in [0.05, 0.1) is 26.9 Å². The Morgan fingerprint density at radius 1 is 0.838 bits per heavy atom. The molecule has 3 aromatic rings. The highest BCUT2D eigenvalue weighted by Crippen LogP contribution is 2.39. The highest BCUT2D eigenvalue weighted by molar-refractivity contribution is 6.04. The summed E-state index contributed by atoms with van der Waals surface area (Å²) in [6.07, 6.45) is 0.787. The molecule has 1 N–H and O–H groups in total. The predicted molar refractivity (Wildman–Crippen MR) is 142 cm³/mol. The Bertz CT molecular complexity index is 1300. The molecule has 37 heavy (non-hydrogen) atoms. The van der Waals surface area contributed by atoms with Crippen LogP contribution in [0.5, 0.6) is 28.7 Å². The first kappa shape index (κ1) is 24.3. The molecule has 5 rings (SSSR count). The Labute approximate surface area is 216 Å². The number of nitrogens with one attached hydrogen (secondary N) is 1. The minimum absolute atomic E-state index is 0.171. The average Bonchev–Trinajstić information content (AvgIpc) is 3.27. The third kappa shape index (κ3) is 5.25. The molecule has 1 saturated heterocycles. The van der Waals surface area contributed by atoms with Gasteiger partial charge < -0.3 is 34.1 Å². The molecular formula is C28H30N4O5. The summed E-state index contributed by atoms with van der Waals surface area (Å²) in [5.74, 6) is 4.17. The number of urea groups is 1. The molecule has 0 radical (unpaired) electrons. The van der Waals surface area contributed by atoms with Crippen molar-refractivity contribution in [2.24, 2.45) is 4.99 Å². The number of hydrogen-bond donors (Lipinski definition) is 1. The van der Waals surface area contributed by atoms with Crippen molar-refractivity contribution >= 4 is 23.2 Å². The molecule has 2 aliphatic heterocycles. The predicted octanol–water partition coefficient (Wildman–Crippen LogP) is 5.14. The number of amidine groups is 1. The molecule has 9 nitrogen and oxygen atoms in total. The second kappa shape index (κ2) is 10.7. The van der Waals surface area contributed by atoms with Gasteiger partial charge in [-0.3, -0.25) is 0 Å². The van der Waals surface area contributed by atoms with Gasteiger partial charge in [-0.1, -0.05) is 12.1 Å². The maximum Gasteiger partial charge on any atom is 0.321 e. The van der Waals surface area contributed by atoms with Crippen molar-refractivity contribution in [3.8, 4) is 28.7 Å². The summed E-state index contributed by atoms with van der Waals surface area (Å²) in [7, 11) is 4.81. The van der Waals surface area contributed by atoms with Crippen LogP contribution in [0.25, 0.3) is 0 Å². The molecule has 9 heteroatoms. The monoisotopic (exact) mass is 502 g/mol. The first-order chi connectivity index (χ1) is 18.1. The third-order valence-corrected chi connectivity index (χ3v) is 6.42. The quantitative estimate of drug-likeness (QED) is 0.532. The van der Waals surface area contributed by atoms with Crippen molar-refractivity contribution in [2.75, 3.05) is 52.8 Å². The molecule has 2 amide bonds. The van der Waals surface area contributed by atoms with Gasteiger partial charge in [0.2, 0.25) is 0 Å². The zero-order chi connectivity index (χ0) is 25.8. The summed E-state index contributed by atoms with van der Waals surface area (Å²) in [5.41, 5.74) is 2.24. The molecule has 192 valence electrons. The Morgan fingerprint density at radius 3 is 2.35 bits per heavy atom. The number of benzene rings is 3. The topological polar surface area (TPSA) is 84.9 Å². The van der Waals surface area contributed by atoms with Gasteiger partial charge in [0.15, 0.2) is 5.75 Å². The van der Waals surface area contributed by atoms with Gasteiger partial charge in [0.1, 0.15) is 34.5 Å². The smallest absolute Gasteiger partial charge is 0.321 e. The highest BCUT2D eigenvalue weighted by atomic mass is 16.5. The number of para-hydroxylation sites is 2. The second-order valence-electron chi connectivity index (χ2n) is 8.73. The Balaban J connectivity index is 1.37. The molecule has 1 fully saturated rings. The van der Waals surface area contributed by atoms with E-state index in [4.69, 9.17) is 23.9 Å². The van der Waals surface area contributed by atoms with Gasteiger partial charge in [0.25, 0.3) is 0 Å². The largest absolute Gasteiger partial charge is 0.497 e. The van der Waals surface area contributed by atoms with Crippen LogP contribution in [0, 0.1) is 0 Å². The van der Waals surface area contributed by atoms with Gasteiger partial charge in [-0.05, 0) is 36.8 Å². The molecule has 2 heterocycles. The van der Waals surface area contributed by atoms with Gasteiger partial charge in [0, 0.05) is 50.1 Å². The van der Waals surface area contributed by atoms with E-state index in [1.54, 1.807) is 39.5 Å². The van der Waals surface area contributed by atoms with E-state index in [9.17, 15) is 4.79 Å². The van der Waals surface area contributed by atoms with Gasteiger partial charge >= 0.3 is 6.03 Å². The molecule has 0 atom stereocenters. The Hall–Kier alpha value is -4.40. The molecule has 0 spiro atoms. The fourth-order valence-corrected chi connectivity index (χ4v) is 4.48. The number of aliphatic imine (C=N–C) groups is 1. The normalized spacial score (nSPS) is 14.7. The van der Waals surface area contributed by atoms with Crippen molar-refractivity contribution in [1.29, 1.82) is 0 Å². The number of carbonyl (C=O) groups excluding carboxylic acids is 1. The van der Waals surface area contributed by atoms with Gasteiger partial charge in [-0.25, -0.2) is 9.79 Å². The summed E-state index contributed by atoms with van der Waals surface area (Å²) in [6, 6.07) is 18.6. The van der Waals surface area contributed by atoms with E-state index in [1.165, 1.54) is 0 Å². The lowest BCUT2D eigenvalue weighted by atomic mass is 10.1. The number of hydrogen-bond acceptors (Lipinski definition) is 7. The van der Waals surface area contributed by atoms with Crippen molar-refractivity contribution < 1.29 is 23.7 Å². The van der Waals surface area contributed by atoms with Crippen molar-refractivity contribution in [1.82, 2.24) is 9.80 Å². The molecule has 0 aromatic heterocycles. The van der Waals surface area contributed by atoms with Crippen LogP contribution in [-0.2, 0) is 0 Å². The van der Waals surface area contributed by atoms with Crippen LogP contribution in [0.3, 0.4) is 0 Å². The number of fused-ring (bicyclic) bond motifs is 2. The SMILES string of the molecule is COc1cc(NC(=O)N2CCCN(C3=Nc4ccccc4Oc4ccc(OC)cc43)CC2)cc(OC)c1. The first-order valence-corrected chi connectivity index (χ1v) is 12.2. The minimum atomic E-state index is -0.171. The number of methoxy groups -OCH3 is 3. The lowest BCUT2D eigenvalue weighted by Gasteiger charge is -2.25. The minimum Gasteiger partial charge on any atom is -0.497 e. The van der Waals surface area contributed by atoms with Crippen LogP contribution in [0.4, 0.5) is 16.2 Å². The van der Waals surface area contributed by atoms with E-state index in [1.807, 2.05) is 47.4 Å². The molecule has 0 aliphatic carbocycles. The summed E-state index contributed by atoms with van der Waals surface area (Å²) in [4.78, 5) is 22.2. The second-order valence-corrected chi connectivity index (χ2v) is 8.73. The van der Waals surface area contributed by atoms with E-state index < -0.39 is 0 Å². The van der Waals surface area contributed by atoms with Crippen LogP contribution < -0.4 is 24.3 Å². The lowest BCUT2D eigenvalue weighted by Crippen LogP contribution is -2.39. The van der Waals surface area contributed by atoms with Crippen LogP contribution in [0.2, 0.25) is 0 Å². The molecule has 0 saturated carbocycles. The van der Waals surface area contributed by atoms with E-state index in [0.29, 0.717) is 42.6 Å². The molecule has 0 bridgehead atoms. The fourth-order valence-electron chi connectivity index (χ4n) is 4.48. The fraction of sp³-hybridized carbons (Fsp3) is 0.286. The molecule has 2 aliphatic rings. The number of amides is 2. The first-order valence-electron chi connectivity index (χ1n) is 12.2. The van der Waals surface area contributed by atoms with Gasteiger partial charge in [-0.15, -0.1) is 0 Å². The van der Waals surface area contributed by atoms with Gasteiger partial charge in [-0.2, -0.15) is 0 Å². The van der Waals surface area contributed by atoms with Crippen molar-refractivity contribution in [3.05, 3.63) is 66.2 Å². The summed E-state index contributed by atoms with van der Waals surface area (Å²) >= 11 is 0. The zero-order valence-corrected chi connectivity index (χ0v) is 21.2. The maximum atomic E-state index is 13.2. The summed E-state index contributed by atoms with van der Waals surface area (Å²) in [6.45, 7) is 2.52. The number of ether oxygens (including phenoxy) is 4. The molecule has 0 unspecified atom stereocenters. The van der Waals surface area contributed by atoms with Crippen LogP contribution >= 0.6 is 0 Å². The molecule has 3 aromatic carbocycles. The number of nitrogens with zero attached hydrogens (tertiary/aromatic N) is 3. The van der Waals surface area contributed by atoms with Crippen molar-refractivity contribution in [3.63, 3.8) is 0 Å². The number of carbonyl (C=O) groups is 1. The van der Waals surface area contributed by atoms with Crippen LogP contribution in [0.15, 0.2) is 65.7 Å². The number of anilines is 1. The Morgan fingerprint density at radius 2 is 1.59 bits per heavy atom. The van der Waals surface area contributed by atoms with Crippen LogP contribution in [-0.4, -0.2) is 69.2 Å². The molecular weight excluding hydrogens is 472 g/mol. The van der Waals surface area contributed by atoms with Crippen molar-refractivity contribution in [2.45, 2.75) is 6.42 Å². The maximum absolute atomic E-state index is 13.2. The summed E-state index contributed by atoms with van der Waals surface area (Å²) < 4.78 is 22.4. The van der Waals surface area contributed by atoms with E-state index in [-0.39, 0.29) is 6.03 Å². The van der Waals surface area contributed by atoms with E-state index in [2.05, 4.69) is 10.2 Å².